The fourth-order valence-corrected chi connectivity index (χ4v) is 4.08. The van der Waals surface area contributed by atoms with E-state index in [-0.39, 0.29) is 5.91 Å². The topological polar surface area (TPSA) is 52.6 Å². The van der Waals surface area contributed by atoms with Crippen LogP contribution in [0.4, 0.5) is 17.3 Å². The van der Waals surface area contributed by atoms with Crippen molar-refractivity contribution in [1.82, 2.24) is 9.97 Å². The van der Waals surface area contributed by atoms with Crippen molar-refractivity contribution >= 4 is 23.2 Å². The molecule has 142 valence electrons. The van der Waals surface area contributed by atoms with Gasteiger partial charge in [-0.15, -0.1) is 0 Å². The van der Waals surface area contributed by atoms with Crippen molar-refractivity contribution in [2.24, 2.45) is 5.92 Å². The number of amides is 1. The fraction of sp³-hybridized carbons (Fsp3) is 0.476. The van der Waals surface area contributed by atoms with E-state index in [1.807, 2.05) is 36.0 Å². The zero-order valence-electron chi connectivity index (χ0n) is 16.1. The molecule has 1 amide bonds. The number of nitrogens with zero attached hydrogens (tertiary/aromatic N) is 5. The van der Waals surface area contributed by atoms with E-state index >= 15 is 0 Å². The van der Waals surface area contributed by atoms with Crippen molar-refractivity contribution < 1.29 is 4.79 Å². The van der Waals surface area contributed by atoms with Gasteiger partial charge < -0.3 is 14.7 Å². The van der Waals surface area contributed by atoms with E-state index in [1.54, 1.807) is 6.33 Å². The monoisotopic (exact) mass is 365 g/mol. The Kier molecular flexibility index (Phi) is 4.97. The normalized spacial score (nSPS) is 17.1. The summed E-state index contributed by atoms with van der Waals surface area (Å²) in [4.78, 5) is 27.8. The van der Waals surface area contributed by atoms with Crippen molar-refractivity contribution in [3.05, 3.63) is 42.2 Å². The number of hydrogen-bond donors (Lipinski definition) is 0. The van der Waals surface area contributed by atoms with Crippen LogP contribution in [0.5, 0.6) is 0 Å². The minimum absolute atomic E-state index is 0.273. The van der Waals surface area contributed by atoms with Gasteiger partial charge in [0.1, 0.15) is 18.0 Å². The molecule has 2 aromatic rings. The maximum Gasteiger partial charge on any atom is 0.227 e. The third-order valence-corrected chi connectivity index (χ3v) is 5.69. The Morgan fingerprint density at radius 2 is 1.93 bits per heavy atom. The number of anilines is 3. The SMILES string of the molecule is CN(C)c1cc(N2CCC(CC(=O)N3CCc4ccccc43)CC2)ncn1. The third-order valence-electron chi connectivity index (χ3n) is 5.69. The van der Waals surface area contributed by atoms with Gasteiger partial charge in [-0.25, -0.2) is 9.97 Å². The molecule has 3 heterocycles. The quantitative estimate of drug-likeness (QED) is 0.834. The molecular weight excluding hydrogens is 338 g/mol. The van der Waals surface area contributed by atoms with E-state index in [0.29, 0.717) is 12.3 Å². The number of carbonyl (C=O) groups excluding carboxylic acids is 1. The number of fused-ring (bicyclic) bond motifs is 1. The largest absolute Gasteiger partial charge is 0.363 e. The zero-order chi connectivity index (χ0) is 18.8. The van der Waals surface area contributed by atoms with E-state index in [4.69, 9.17) is 0 Å². The number of aromatic nitrogens is 2. The summed E-state index contributed by atoms with van der Waals surface area (Å²) in [5.41, 5.74) is 2.40. The molecule has 1 aromatic heterocycles. The molecule has 6 heteroatoms. The average Bonchev–Trinajstić information content (AvgIpc) is 3.13. The van der Waals surface area contributed by atoms with Gasteiger partial charge >= 0.3 is 0 Å². The van der Waals surface area contributed by atoms with Gasteiger partial charge in [0, 0.05) is 51.9 Å². The number of carbonyl (C=O) groups is 1. The Hall–Kier alpha value is -2.63. The van der Waals surface area contributed by atoms with Crippen molar-refractivity contribution in [2.75, 3.05) is 48.4 Å². The second kappa shape index (κ2) is 7.55. The summed E-state index contributed by atoms with van der Waals surface area (Å²) in [5, 5.41) is 0. The van der Waals surface area contributed by atoms with Crippen LogP contribution in [0.3, 0.4) is 0 Å². The maximum atomic E-state index is 12.8. The number of hydrogen-bond acceptors (Lipinski definition) is 5. The number of piperidine rings is 1. The van der Waals surface area contributed by atoms with E-state index in [0.717, 1.165) is 56.2 Å². The van der Waals surface area contributed by atoms with Crippen LogP contribution in [0, 0.1) is 5.92 Å². The molecule has 0 aliphatic carbocycles. The lowest BCUT2D eigenvalue weighted by atomic mass is 9.93. The van der Waals surface area contributed by atoms with E-state index in [2.05, 4.69) is 33.1 Å². The Bertz CT molecular complexity index is 814. The molecule has 27 heavy (non-hydrogen) atoms. The first-order chi connectivity index (χ1) is 13.1. The van der Waals surface area contributed by atoms with Crippen molar-refractivity contribution in [2.45, 2.75) is 25.7 Å². The Morgan fingerprint density at radius 3 is 2.70 bits per heavy atom. The highest BCUT2D eigenvalue weighted by atomic mass is 16.2. The zero-order valence-corrected chi connectivity index (χ0v) is 16.1. The summed E-state index contributed by atoms with van der Waals surface area (Å²) in [6, 6.07) is 10.3. The van der Waals surface area contributed by atoms with E-state index < -0.39 is 0 Å². The molecule has 0 atom stereocenters. The van der Waals surface area contributed by atoms with Crippen LogP contribution >= 0.6 is 0 Å². The van der Waals surface area contributed by atoms with Gasteiger partial charge in [0.2, 0.25) is 5.91 Å². The summed E-state index contributed by atoms with van der Waals surface area (Å²) in [6.45, 7) is 2.71. The molecule has 1 aromatic carbocycles. The van der Waals surface area contributed by atoms with Crippen LogP contribution in [-0.2, 0) is 11.2 Å². The average molecular weight is 365 g/mol. The molecule has 1 saturated heterocycles. The molecular formula is C21H27N5O. The number of para-hydroxylation sites is 1. The van der Waals surface area contributed by atoms with Crippen LogP contribution in [0.2, 0.25) is 0 Å². The highest BCUT2D eigenvalue weighted by molar-refractivity contribution is 5.95. The number of benzene rings is 1. The Balaban J connectivity index is 1.34. The van der Waals surface area contributed by atoms with Crippen LogP contribution in [0.15, 0.2) is 36.7 Å². The van der Waals surface area contributed by atoms with Gasteiger partial charge in [-0.3, -0.25) is 4.79 Å². The molecule has 6 nitrogen and oxygen atoms in total. The lowest BCUT2D eigenvalue weighted by Gasteiger charge is -2.33. The first-order valence-corrected chi connectivity index (χ1v) is 9.74. The summed E-state index contributed by atoms with van der Waals surface area (Å²) < 4.78 is 0. The lowest BCUT2D eigenvalue weighted by molar-refractivity contribution is -0.119. The van der Waals surface area contributed by atoms with Crippen LogP contribution in [0.25, 0.3) is 0 Å². The van der Waals surface area contributed by atoms with Gasteiger partial charge in [0.05, 0.1) is 0 Å². The molecule has 0 spiro atoms. The molecule has 2 aliphatic rings. The fourth-order valence-electron chi connectivity index (χ4n) is 4.08. The van der Waals surface area contributed by atoms with Crippen molar-refractivity contribution in [1.29, 1.82) is 0 Å². The van der Waals surface area contributed by atoms with E-state index in [1.165, 1.54) is 5.56 Å². The molecule has 4 rings (SSSR count). The van der Waals surface area contributed by atoms with Crippen LogP contribution in [0.1, 0.15) is 24.8 Å². The van der Waals surface area contributed by atoms with Gasteiger partial charge in [0.15, 0.2) is 0 Å². The van der Waals surface area contributed by atoms with Crippen LogP contribution in [-0.4, -0.2) is 49.6 Å². The summed E-state index contributed by atoms with van der Waals surface area (Å²) in [6.07, 6.45) is 5.31. The maximum absolute atomic E-state index is 12.8. The molecule has 0 N–H and O–H groups in total. The van der Waals surface area contributed by atoms with Crippen molar-refractivity contribution in [3.8, 4) is 0 Å². The molecule has 0 radical (unpaired) electrons. The lowest BCUT2D eigenvalue weighted by Crippen LogP contribution is -2.37. The second-order valence-corrected chi connectivity index (χ2v) is 7.69. The molecule has 0 unspecified atom stereocenters. The van der Waals surface area contributed by atoms with Gasteiger partial charge in [-0.1, -0.05) is 18.2 Å². The van der Waals surface area contributed by atoms with Crippen molar-refractivity contribution in [3.63, 3.8) is 0 Å². The molecule has 2 aliphatic heterocycles. The Labute approximate surface area is 160 Å². The first kappa shape index (κ1) is 17.8. The smallest absolute Gasteiger partial charge is 0.227 e. The summed E-state index contributed by atoms with van der Waals surface area (Å²) in [5.74, 6) is 2.63. The minimum atomic E-state index is 0.273. The molecule has 0 saturated carbocycles. The molecule has 0 bridgehead atoms. The summed E-state index contributed by atoms with van der Waals surface area (Å²) in [7, 11) is 3.97. The van der Waals surface area contributed by atoms with E-state index in [9.17, 15) is 4.79 Å². The van der Waals surface area contributed by atoms with Gasteiger partial charge in [0.25, 0.3) is 0 Å². The van der Waals surface area contributed by atoms with Gasteiger partial charge in [-0.2, -0.15) is 0 Å². The Morgan fingerprint density at radius 1 is 1.15 bits per heavy atom. The second-order valence-electron chi connectivity index (χ2n) is 7.69. The van der Waals surface area contributed by atoms with Gasteiger partial charge in [-0.05, 0) is 36.8 Å². The van der Waals surface area contributed by atoms with Crippen LogP contribution < -0.4 is 14.7 Å². The predicted octanol–water partition coefficient (Wildman–Crippen LogP) is 2.74. The minimum Gasteiger partial charge on any atom is -0.363 e. The number of rotatable bonds is 4. The highest BCUT2D eigenvalue weighted by Gasteiger charge is 2.28. The molecule has 1 fully saturated rings. The first-order valence-electron chi connectivity index (χ1n) is 9.74. The third kappa shape index (κ3) is 3.75. The standard InChI is InChI=1S/C21H27N5O/c1-24(2)19-14-20(23-15-22-19)25-10-7-16(8-11-25)13-21(27)26-12-9-17-5-3-4-6-18(17)26/h3-6,14-16H,7-13H2,1-2H3. The summed E-state index contributed by atoms with van der Waals surface area (Å²) >= 11 is 0. The highest BCUT2D eigenvalue weighted by Crippen LogP contribution is 2.31. The predicted molar refractivity (Wildman–Crippen MR) is 108 cm³/mol.